The van der Waals surface area contributed by atoms with E-state index < -0.39 is 26.5 Å². The van der Waals surface area contributed by atoms with E-state index in [9.17, 15) is 19.0 Å². The second kappa shape index (κ2) is 34.2. The summed E-state index contributed by atoms with van der Waals surface area (Å²) < 4.78 is 33.3. The molecular weight excluding hydrogens is 629 g/mol. The van der Waals surface area contributed by atoms with Crippen molar-refractivity contribution in [3.63, 3.8) is 0 Å². The molecule has 284 valence electrons. The summed E-state index contributed by atoms with van der Waals surface area (Å²) in [6.07, 6.45) is 31.1. The lowest BCUT2D eigenvalue weighted by molar-refractivity contribution is -0.161. The van der Waals surface area contributed by atoms with Crippen molar-refractivity contribution in [1.29, 1.82) is 0 Å². The van der Waals surface area contributed by atoms with Crippen LogP contribution in [-0.4, -0.2) is 68.3 Å². The zero-order valence-corrected chi connectivity index (χ0v) is 32.3. The van der Waals surface area contributed by atoms with E-state index in [4.69, 9.17) is 18.5 Å². The van der Waals surface area contributed by atoms with Crippen LogP contribution in [0.1, 0.15) is 174 Å². The van der Waals surface area contributed by atoms with Crippen molar-refractivity contribution >= 4 is 19.8 Å². The molecule has 0 aliphatic carbocycles. The molecule has 0 saturated heterocycles. The summed E-state index contributed by atoms with van der Waals surface area (Å²) in [6, 6.07) is 0. The molecule has 0 aromatic carbocycles. The first-order valence-corrected chi connectivity index (χ1v) is 21.0. The van der Waals surface area contributed by atoms with Crippen LogP contribution in [0.2, 0.25) is 0 Å². The molecular formula is C38H74NO8P. The Morgan fingerprint density at radius 2 is 1.06 bits per heavy atom. The van der Waals surface area contributed by atoms with Crippen LogP contribution in [0.15, 0.2) is 12.2 Å². The summed E-state index contributed by atoms with van der Waals surface area (Å²) in [6.45, 7) is 4.29. The van der Waals surface area contributed by atoms with E-state index in [0.29, 0.717) is 19.4 Å². The van der Waals surface area contributed by atoms with Gasteiger partial charge in [0.25, 0.3) is 0 Å². The Balaban J connectivity index is 4.36. The van der Waals surface area contributed by atoms with Gasteiger partial charge in [-0.1, -0.05) is 135 Å². The van der Waals surface area contributed by atoms with Crippen LogP contribution in [0.5, 0.6) is 0 Å². The van der Waals surface area contributed by atoms with Crippen molar-refractivity contribution in [3.05, 3.63) is 12.2 Å². The third-order valence-electron chi connectivity index (χ3n) is 8.32. The van der Waals surface area contributed by atoms with E-state index in [0.717, 1.165) is 51.4 Å². The van der Waals surface area contributed by atoms with Gasteiger partial charge in [-0.2, -0.15) is 0 Å². The number of phosphoric ester groups is 1. The van der Waals surface area contributed by atoms with Gasteiger partial charge >= 0.3 is 19.8 Å². The summed E-state index contributed by atoms with van der Waals surface area (Å²) >= 11 is 0. The smallest absolute Gasteiger partial charge is 0.462 e. The van der Waals surface area contributed by atoms with Gasteiger partial charge in [0.1, 0.15) is 6.61 Å². The molecule has 0 aliphatic rings. The lowest BCUT2D eigenvalue weighted by atomic mass is 10.0. The summed E-state index contributed by atoms with van der Waals surface area (Å²) in [5, 5.41) is 0. The summed E-state index contributed by atoms with van der Waals surface area (Å²) in [5.74, 6) is -0.809. The fourth-order valence-electron chi connectivity index (χ4n) is 5.27. The van der Waals surface area contributed by atoms with E-state index in [2.05, 4.69) is 26.0 Å². The van der Waals surface area contributed by atoms with Crippen molar-refractivity contribution in [2.75, 3.05) is 40.5 Å². The summed E-state index contributed by atoms with van der Waals surface area (Å²) in [4.78, 5) is 36.8. The third kappa shape index (κ3) is 34.6. The van der Waals surface area contributed by atoms with Crippen LogP contribution in [0, 0.1) is 0 Å². The van der Waals surface area contributed by atoms with Crippen LogP contribution < -0.4 is 0 Å². The fraction of sp³-hybridized carbons (Fsp3) is 0.895. The van der Waals surface area contributed by atoms with E-state index in [1.54, 1.807) is 0 Å². The molecule has 0 bridgehead atoms. The van der Waals surface area contributed by atoms with E-state index in [1.807, 2.05) is 19.0 Å². The zero-order valence-electron chi connectivity index (χ0n) is 31.4. The molecule has 10 heteroatoms. The molecule has 0 aromatic heterocycles. The van der Waals surface area contributed by atoms with Crippen molar-refractivity contribution in [1.82, 2.24) is 4.90 Å². The van der Waals surface area contributed by atoms with Gasteiger partial charge in [0, 0.05) is 19.4 Å². The average molecular weight is 704 g/mol. The topological polar surface area (TPSA) is 112 Å². The second-order valence-corrected chi connectivity index (χ2v) is 14.9. The number of nitrogens with zero attached hydrogens (tertiary/aromatic N) is 1. The first-order valence-electron chi connectivity index (χ1n) is 19.5. The normalized spacial score (nSPS) is 13.6. The van der Waals surface area contributed by atoms with Crippen molar-refractivity contribution in [2.24, 2.45) is 0 Å². The Labute approximate surface area is 294 Å². The number of hydrogen-bond acceptors (Lipinski definition) is 8. The Hall–Kier alpha value is -1.25. The first-order chi connectivity index (χ1) is 23.2. The number of hydrogen-bond donors (Lipinski definition) is 1. The summed E-state index contributed by atoms with van der Waals surface area (Å²) in [5.41, 5.74) is 0. The molecule has 2 unspecified atom stereocenters. The van der Waals surface area contributed by atoms with Gasteiger partial charge in [0.15, 0.2) is 6.10 Å². The Kier molecular flexibility index (Phi) is 33.3. The Morgan fingerprint density at radius 1 is 0.625 bits per heavy atom. The third-order valence-corrected chi connectivity index (χ3v) is 9.31. The van der Waals surface area contributed by atoms with Crippen molar-refractivity contribution in [2.45, 2.75) is 180 Å². The molecule has 2 atom stereocenters. The van der Waals surface area contributed by atoms with Crippen LogP contribution in [0.25, 0.3) is 0 Å². The number of allylic oxidation sites excluding steroid dienone is 2. The molecule has 0 radical (unpaired) electrons. The second-order valence-electron chi connectivity index (χ2n) is 13.5. The predicted molar refractivity (Wildman–Crippen MR) is 197 cm³/mol. The molecule has 0 amide bonds. The maximum atomic E-state index is 12.6. The maximum Gasteiger partial charge on any atom is 0.472 e. The highest BCUT2D eigenvalue weighted by molar-refractivity contribution is 7.47. The molecule has 9 nitrogen and oxygen atoms in total. The van der Waals surface area contributed by atoms with E-state index >= 15 is 0 Å². The van der Waals surface area contributed by atoms with Gasteiger partial charge in [0.05, 0.1) is 13.2 Å². The van der Waals surface area contributed by atoms with Gasteiger partial charge in [-0.15, -0.1) is 0 Å². The van der Waals surface area contributed by atoms with Gasteiger partial charge in [0.2, 0.25) is 0 Å². The number of unbranched alkanes of at least 4 members (excludes halogenated alkanes) is 20. The molecule has 48 heavy (non-hydrogen) atoms. The summed E-state index contributed by atoms with van der Waals surface area (Å²) in [7, 11) is -0.707. The highest BCUT2D eigenvalue weighted by Crippen LogP contribution is 2.43. The lowest BCUT2D eigenvalue weighted by Crippen LogP contribution is -2.29. The van der Waals surface area contributed by atoms with Crippen molar-refractivity contribution in [3.8, 4) is 0 Å². The number of phosphoric acid groups is 1. The van der Waals surface area contributed by atoms with Crippen LogP contribution in [0.4, 0.5) is 0 Å². The molecule has 0 spiro atoms. The Morgan fingerprint density at radius 3 is 1.56 bits per heavy atom. The van der Waals surface area contributed by atoms with Crippen LogP contribution >= 0.6 is 7.82 Å². The molecule has 0 saturated carbocycles. The number of carbonyl (C=O) groups is 2. The molecule has 0 aliphatic heterocycles. The fourth-order valence-corrected chi connectivity index (χ4v) is 6.01. The quantitative estimate of drug-likeness (QED) is 0.0295. The molecule has 1 N–H and O–H groups in total. The number of esters is 2. The Bertz CT molecular complexity index is 823. The number of ether oxygens (including phenoxy) is 2. The van der Waals surface area contributed by atoms with Gasteiger partial charge < -0.3 is 19.3 Å². The zero-order chi connectivity index (χ0) is 35.6. The average Bonchev–Trinajstić information content (AvgIpc) is 3.04. The minimum absolute atomic E-state index is 0.00853. The van der Waals surface area contributed by atoms with Gasteiger partial charge in [-0.25, -0.2) is 4.57 Å². The highest BCUT2D eigenvalue weighted by atomic mass is 31.2. The van der Waals surface area contributed by atoms with Gasteiger partial charge in [-0.05, 0) is 52.6 Å². The number of likely N-dealkylation sites (N-methyl/N-ethyl adjacent to an activating group) is 1. The minimum atomic E-state index is -4.35. The first kappa shape index (κ1) is 46.8. The standard InChI is InChI=1S/C38H74NO8P/c1-5-7-9-11-13-15-17-19-21-23-25-27-29-31-38(41)47-36(35-46-48(42,43)45-33-32-39(3)4)34-44-37(40)30-28-26-24-22-20-18-16-14-12-10-8-6-2/h15,17,36H,5-14,16,18-35H2,1-4H3,(H,42,43)/b17-15-. The minimum Gasteiger partial charge on any atom is -0.462 e. The monoisotopic (exact) mass is 704 g/mol. The van der Waals surface area contributed by atoms with Gasteiger partial charge in [-0.3, -0.25) is 18.6 Å². The largest absolute Gasteiger partial charge is 0.472 e. The molecule has 0 rings (SSSR count). The van der Waals surface area contributed by atoms with Crippen LogP contribution in [-0.2, 0) is 32.7 Å². The molecule has 0 fully saturated rings. The maximum absolute atomic E-state index is 12.6. The molecule has 0 aromatic rings. The predicted octanol–water partition coefficient (Wildman–Crippen LogP) is 10.5. The lowest BCUT2D eigenvalue weighted by Gasteiger charge is -2.20. The number of carbonyl (C=O) groups excluding carboxylic acids is 2. The SMILES string of the molecule is CCCCCC/C=C\CCCCCCCC(=O)OC(COC(=O)CCCCCCCCCCCCCC)COP(=O)(O)OCCN(C)C. The number of rotatable bonds is 36. The van der Waals surface area contributed by atoms with E-state index in [1.165, 1.54) is 89.9 Å². The molecule has 0 heterocycles. The highest BCUT2D eigenvalue weighted by Gasteiger charge is 2.26. The van der Waals surface area contributed by atoms with E-state index in [-0.39, 0.29) is 25.6 Å². The van der Waals surface area contributed by atoms with Crippen LogP contribution in [0.3, 0.4) is 0 Å². The van der Waals surface area contributed by atoms with Crippen molar-refractivity contribution < 1.29 is 37.6 Å².